The van der Waals surface area contributed by atoms with Gasteiger partial charge in [0.25, 0.3) is 0 Å². The van der Waals surface area contributed by atoms with Crippen LogP contribution in [0.1, 0.15) is 21.5 Å². The zero-order chi connectivity index (χ0) is 14.0. The topological polar surface area (TPSA) is 17.1 Å². The van der Waals surface area contributed by atoms with Crippen LogP contribution in [0.5, 0.6) is 0 Å². The number of hydrogen-bond acceptors (Lipinski definition) is 1. The van der Waals surface area contributed by atoms with Gasteiger partial charge in [-0.05, 0) is 48.4 Å². The monoisotopic (exact) mass is 280 g/mol. The molecule has 0 fully saturated rings. The van der Waals surface area contributed by atoms with E-state index in [1.807, 2.05) is 0 Å². The van der Waals surface area contributed by atoms with Crippen molar-refractivity contribution in [3.8, 4) is 0 Å². The molecule has 0 radical (unpaired) electrons. The van der Waals surface area contributed by atoms with E-state index < -0.39 is 5.82 Å². The quantitative estimate of drug-likeness (QED) is 0.764. The van der Waals surface area contributed by atoms with Crippen molar-refractivity contribution in [3.05, 3.63) is 69.7 Å². The third-order valence-electron chi connectivity index (χ3n) is 2.90. The zero-order valence-electron chi connectivity index (χ0n) is 10.2. The van der Waals surface area contributed by atoms with Crippen molar-refractivity contribution in [1.29, 1.82) is 0 Å². The summed E-state index contributed by atoms with van der Waals surface area (Å²) in [5, 5.41) is -0.0955. The molecule has 0 spiro atoms. The Bertz CT molecular complexity index is 638. The van der Waals surface area contributed by atoms with Crippen LogP contribution in [0.3, 0.4) is 0 Å². The summed E-state index contributed by atoms with van der Waals surface area (Å²) in [7, 11) is 0. The molecule has 0 aliphatic carbocycles. The van der Waals surface area contributed by atoms with E-state index in [0.29, 0.717) is 11.1 Å². The number of aryl methyl sites for hydroxylation is 1. The van der Waals surface area contributed by atoms with Gasteiger partial charge in [0.2, 0.25) is 0 Å². The Labute approximate surface area is 114 Å². The van der Waals surface area contributed by atoms with Crippen LogP contribution in [-0.2, 0) is 6.42 Å². The van der Waals surface area contributed by atoms with Crippen molar-refractivity contribution in [3.63, 3.8) is 0 Å². The molecule has 0 aliphatic rings. The molecule has 0 bridgehead atoms. The summed E-state index contributed by atoms with van der Waals surface area (Å²) in [6.45, 7) is 1.81. The first kappa shape index (κ1) is 13.7. The van der Waals surface area contributed by atoms with E-state index >= 15 is 0 Å². The Hall–Kier alpha value is -1.74. The van der Waals surface area contributed by atoms with Gasteiger partial charge in [0.05, 0.1) is 5.02 Å². The smallest absolute Gasteiger partial charge is 0.167 e. The van der Waals surface area contributed by atoms with Crippen LogP contribution < -0.4 is 0 Å². The van der Waals surface area contributed by atoms with Crippen LogP contribution in [0.4, 0.5) is 8.78 Å². The van der Waals surface area contributed by atoms with Crippen molar-refractivity contribution in [2.75, 3.05) is 0 Å². The maximum atomic E-state index is 13.1. The Morgan fingerprint density at radius 2 is 1.89 bits per heavy atom. The first-order valence-electron chi connectivity index (χ1n) is 5.70. The maximum absolute atomic E-state index is 13.1. The Kier molecular flexibility index (Phi) is 3.96. The fourth-order valence-electron chi connectivity index (χ4n) is 1.78. The number of hydrogen-bond donors (Lipinski definition) is 0. The van der Waals surface area contributed by atoms with Crippen LogP contribution in [0.2, 0.25) is 5.02 Å². The first-order chi connectivity index (χ1) is 8.97. The van der Waals surface area contributed by atoms with Gasteiger partial charge in [-0.15, -0.1) is 0 Å². The number of benzene rings is 2. The molecule has 0 saturated carbocycles. The van der Waals surface area contributed by atoms with Gasteiger partial charge in [0.15, 0.2) is 5.78 Å². The fraction of sp³-hybridized carbons (Fsp3) is 0.133. The van der Waals surface area contributed by atoms with Gasteiger partial charge in [-0.3, -0.25) is 4.79 Å². The van der Waals surface area contributed by atoms with Gasteiger partial charge >= 0.3 is 0 Å². The summed E-state index contributed by atoms with van der Waals surface area (Å²) in [6, 6.07) is 8.10. The molecule has 0 N–H and O–H groups in total. The number of halogens is 3. The predicted octanol–water partition coefficient (Wildman–Crippen LogP) is 4.35. The van der Waals surface area contributed by atoms with Gasteiger partial charge in [-0.1, -0.05) is 17.7 Å². The Morgan fingerprint density at radius 3 is 2.58 bits per heavy atom. The van der Waals surface area contributed by atoms with E-state index in [0.717, 1.165) is 11.6 Å². The van der Waals surface area contributed by atoms with Gasteiger partial charge in [0, 0.05) is 12.0 Å². The average molecular weight is 281 g/mol. The predicted molar refractivity (Wildman–Crippen MR) is 70.6 cm³/mol. The van der Waals surface area contributed by atoms with Gasteiger partial charge in [-0.25, -0.2) is 8.78 Å². The minimum absolute atomic E-state index is 0.0611. The first-order valence-corrected chi connectivity index (χ1v) is 6.08. The second kappa shape index (κ2) is 5.49. The van der Waals surface area contributed by atoms with Gasteiger partial charge in [0.1, 0.15) is 11.6 Å². The molecule has 0 unspecified atom stereocenters. The summed E-state index contributed by atoms with van der Waals surface area (Å²) < 4.78 is 26.1. The van der Waals surface area contributed by atoms with Gasteiger partial charge < -0.3 is 0 Å². The number of ketones is 1. The molecule has 19 heavy (non-hydrogen) atoms. The molecule has 2 rings (SSSR count). The molecule has 0 aromatic heterocycles. The Morgan fingerprint density at radius 1 is 1.16 bits per heavy atom. The molecule has 0 atom stereocenters. The molecule has 2 aromatic carbocycles. The molecule has 0 aliphatic heterocycles. The lowest BCUT2D eigenvalue weighted by Crippen LogP contribution is -2.05. The Balaban J connectivity index is 2.25. The molecule has 4 heteroatoms. The summed E-state index contributed by atoms with van der Waals surface area (Å²) in [5.74, 6) is -1.18. The number of carbonyl (C=O) groups excluding carboxylic acids is 1. The minimum atomic E-state index is -0.569. The lowest BCUT2D eigenvalue weighted by molar-refractivity contribution is 0.0992. The van der Waals surface area contributed by atoms with Crippen LogP contribution >= 0.6 is 11.6 Å². The summed E-state index contributed by atoms with van der Waals surface area (Å²) in [5.41, 5.74) is 1.77. The van der Waals surface area contributed by atoms with E-state index in [-0.39, 0.29) is 23.0 Å². The molecule has 2 aromatic rings. The summed E-state index contributed by atoms with van der Waals surface area (Å²) in [4.78, 5) is 12.0. The fourth-order valence-corrected chi connectivity index (χ4v) is 1.96. The third-order valence-corrected chi connectivity index (χ3v) is 3.19. The maximum Gasteiger partial charge on any atom is 0.167 e. The standard InChI is InChI=1S/C15H11ClF2O/c1-9-2-4-12(17)6-11(9)8-15(19)10-3-5-14(18)13(16)7-10/h2-7H,8H2,1H3. The van der Waals surface area contributed by atoms with Crippen LogP contribution in [0.25, 0.3) is 0 Å². The summed E-state index contributed by atoms with van der Waals surface area (Å²) in [6.07, 6.45) is 0.0611. The highest BCUT2D eigenvalue weighted by atomic mass is 35.5. The van der Waals surface area contributed by atoms with E-state index in [1.54, 1.807) is 13.0 Å². The van der Waals surface area contributed by atoms with Crippen LogP contribution in [0.15, 0.2) is 36.4 Å². The number of carbonyl (C=O) groups is 1. The second-order valence-electron chi connectivity index (χ2n) is 4.30. The average Bonchev–Trinajstić information content (AvgIpc) is 2.37. The minimum Gasteiger partial charge on any atom is -0.294 e. The zero-order valence-corrected chi connectivity index (χ0v) is 11.0. The summed E-state index contributed by atoms with van der Waals surface area (Å²) >= 11 is 5.63. The SMILES string of the molecule is Cc1ccc(F)cc1CC(=O)c1ccc(F)c(Cl)c1. The van der Waals surface area contributed by atoms with E-state index in [1.165, 1.54) is 24.3 Å². The van der Waals surface area contributed by atoms with E-state index in [2.05, 4.69) is 0 Å². The van der Waals surface area contributed by atoms with Crippen molar-refractivity contribution >= 4 is 17.4 Å². The third kappa shape index (κ3) is 3.18. The highest BCUT2D eigenvalue weighted by Crippen LogP contribution is 2.19. The number of rotatable bonds is 3. The largest absolute Gasteiger partial charge is 0.294 e. The van der Waals surface area contributed by atoms with Crippen LogP contribution in [0, 0.1) is 18.6 Å². The second-order valence-corrected chi connectivity index (χ2v) is 4.71. The molecular formula is C15H11ClF2O. The van der Waals surface area contributed by atoms with Crippen molar-refractivity contribution in [2.24, 2.45) is 0 Å². The lowest BCUT2D eigenvalue weighted by Gasteiger charge is -2.06. The van der Waals surface area contributed by atoms with Crippen molar-refractivity contribution in [2.45, 2.75) is 13.3 Å². The van der Waals surface area contributed by atoms with Gasteiger partial charge in [-0.2, -0.15) is 0 Å². The number of Topliss-reactive ketones (excluding diaryl/α,β-unsaturated/α-hetero) is 1. The molecule has 0 saturated heterocycles. The molecular weight excluding hydrogens is 270 g/mol. The van der Waals surface area contributed by atoms with E-state index in [4.69, 9.17) is 11.6 Å². The molecule has 98 valence electrons. The molecule has 0 amide bonds. The lowest BCUT2D eigenvalue weighted by atomic mass is 9.99. The van der Waals surface area contributed by atoms with Crippen LogP contribution in [-0.4, -0.2) is 5.78 Å². The van der Waals surface area contributed by atoms with Crippen molar-refractivity contribution in [1.82, 2.24) is 0 Å². The normalized spacial score (nSPS) is 10.5. The van der Waals surface area contributed by atoms with E-state index in [9.17, 15) is 13.6 Å². The highest BCUT2D eigenvalue weighted by molar-refractivity contribution is 6.31. The van der Waals surface area contributed by atoms with Crippen molar-refractivity contribution < 1.29 is 13.6 Å². The highest BCUT2D eigenvalue weighted by Gasteiger charge is 2.11. The molecule has 1 nitrogen and oxygen atoms in total. The molecule has 0 heterocycles.